The molecule has 5 nitrogen and oxygen atoms in total. The van der Waals surface area contributed by atoms with Crippen LogP contribution in [-0.2, 0) is 0 Å². The van der Waals surface area contributed by atoms with Gasteiger partial charge in [-0.1, -0.05) is 0 Å². The van der Waals surface area contributed by atoms with Gasteiger partial charge in [0.05, 0.1) is 5.69 Å². The summed E-state index contributed by atoms with van der Waals surface area (Å²) in [4.78, 5) is 17.4. The number of nitrogens with zero attached hydrogens (tertiary/aromatic N) is 2. The highest BCUT2D eigenvalue weighted by molar-refractivity contribution is 5.88. The van der Waals surface area contributed by atoms with E-state index in [2.05, 4.69) is 15.2 Å². The number of carboxylic acids is 1. The van der Waals surface area contributed by atoms with Crippen molar-refractivity contribution in [3.63, 3.8) is 0 Å². The molecule has 2 aliphatic rings. The fourth-order valence-corrected chi connectivity index (χ4v) is 2.55. The van der Waals surface area contributed by atoms with E-state index in [4.69, 9.17) is 5.11 Å². The SMILES string of the molecule is Cc1cc(C(=O)O)nc2c1N1CCC(C1)N2. The van der Waals surface area contributed by atoms with Gasteiger partial charge in [0.1, 0.15) is 0 Å². The summed E-state index contributed by atoms with van der Waals surface area (Å²) in [5.74, 6) is -0.244. The second kappa shape index (κ2) is 3.10. The van der Waals surface area contributed by atoms with E-state index in [1.54, 1.807) is 6.07 Å². The van der Waals surface area contributed by atoms with Gasteiger partial charge >= 0.3 is 5.97 Å². The molecule has 0 spiro atoms. The zero-order chi connectivity index (χ0) is 11.3. The van der Waals surface area contributed by atoms with Crippen LogP contribution in [0.5, 0.6) is 0 Å². The minimum absolute atomic E-state index is 0.117. The maximum absolute atomic E-state index is 10.9. The second-order valence-corrected chi connectivity index (χ2v) is 4.40. The first kappa shape index (κ1) is 9.45. The third kappa shape index (κ3) is 1.24. The lowest BCUT2D eigenvalue weighted by Gasteiger charge is -2.29. The molecule has 0 aliphatic carbocycles. The van der Waals surface area contributed by atoms with Crippen LogP contribution in [0.2, 0.25) is 0 Å². The predicted octanol–water partition coefficient (Wildman–Crippen LogP) is 1.09. The van der Waals surface area contributed by atoms with E-state index in [9.17, 15) is 4.79 Å². The molecule has 5 heteroatoms. The third-order valence-electron chi connectivity index (χ3n) is 3.25. The topological polar surface area (TPSA) is 65.5 Å². The molecule has 3 rings (SSSR count). The number of pyridine rings is 1. The molecule has 0 saturated carbocycles. The van der Waals surface area contributed by atoms with Crippen LogP contribution in [0.1, 0.15) is 22.5 Å². The molecule has 3 heterocycles. The quantitative estimate of drug-likeness (QED) is 0.740. The average molecular weight is 219 g/mol. The standard InChI is InChI=1S/C11H13N3O2/c1-6-4-8(11(15)16)13-10-9(6)14-3-2-7(5-14)12-10/h4,7H,2-3,5H2,1H3,(H,12,13)(H,15,16). The Labute approximate surface area is 93.1 Å². The van der Waals surface area contributed by atoms with Gasteiger partial charge in [-0.25, -0.2) is 9.78 Å². The Balaban J connectivity index is 2.14. The monoisotopic (exact) mass is 219 g/mol. The minimum Gasteiger partial charge on any atom is -0.477 e. The molecular formula is C11H13N3O2. The van der Waals surface area contributed by atoms with E-state index < -0.39 is 5.97 Å². The molecule has 1 unspecified atom stereocenters. The van der Waals surface area contributed by atoms with Gasteiger partial charge in [0.15, 0.2) is 11.5 Å². The van der Waals surface area contributed by atoms with Crippen LogP contribution >= 0.6 is 0 Å². The first-order valence-electron chi connectivity index (χ1n) is 5.41. The van der Waals surface area contributed by atoms with Crippen molar-refractivity contribution < 1.29 is 9.90 Å². The van der Waals surface area contributed by atoms with Crippen LogP contribution in [0, 0.1) is 6.92 Å². The lowest BCUT2D eigenvalue weighted by Crippen LogP contribution is -2.33. The van der Waals surface area contributed by atoms with Crippen LogP contribution < -0.4 is 10.2 Å². The summed E-state index contributed by atoms with van der Waals surface area (Å²) in [6.07, 6.45) is 1.10. The molecule has 0 radical (unpaired) electrons. The van der Waals surface area contributed by atoms with Crippen molar-refractivity contribution in [3.05, 3.63) is 17.3 Å². The maximum atomic E-state index is 10.9. The van der Waals surface area contributed by atoms with E-state index >= 15 is 0 Å². The minimum atomic E-state index is -0.972. The molecule has 1 saturated heterocycles. The lowest BCUT2D eigenvalue weighted by molar-refractivity contribution is 0.0690. The number of hydrogen-bond donors (Lipinski definition) is 2. The van der Waals surface area contributed by atoms with E-state index in [1.807, 2.05) is 6.92 Å². The van der Waals surface area contributed by atoms with Gasteiger partial charge in [0, 0.05) is 19.1 Å². The predicted molar refractivity (Wildman–Crippen MR) is 60.2 cm³/mol. The zero-order valence-corrected chi connectivity index (χ0v) is 9.03. The Bertz CT molecular complexity index is 473. The van der Waals surface area contributed by atoms with Gasteiger partial charge in [-0.05, 0) is 25.0 Å². The molecule has 1 fully saturated rings. The smallest absolute Gasteiger partial charge is 0.354 e. The number of hydrogen-bond acceptors (Lipinski definition) is 4. The van der Waals surface area contributed by atoms with Crippen LogP contribution in [-0.4, -0.2) is 35.2 Å². The van der Waals surface area contributed by atoms with Crippen molar-refractivity contribution in [3.8, 4) is 0 Å². The molecule has 0 amide bonds. The summed E-state index contributed by atoms with van der Waals surface area (Å²) in [6, 6.07) is 2.06. The molecule has 16 heavy (non-hydrogen) atoms. The molecule has 2 aliphatic heterocycles. The maximum Gasteiger partial charge on any atom is 0.354 e. The number of anilines is 2. The number of aromatic carboxylic acids is 1. The summed E-state index contributed by atoms with van der Waals surface area (Å²) < 4.78 is 0. The van der Waals surface area contributed by atoms with E-state index in [0.29, 0.717) is 6.04 Å². The Hall–Kier alpha value is -1.78. The van der Waals surface area contributed by atoms with E-state index in [-0.39, 0.29) is 5.69 Å². The Kier molecular flexibility index (Phi) is 1.83. The summed E-state index contributed by atoms with van der Waals surface area (Å²) in [5, 5.41) is 12.3. The highest BCUT2D eigenvalue weighted by Gasteiger charge is 2.32. The van der Waals surface area contributed by atoms with Crippen LogP contribution in [0.3, 0.4) is 0 Å². The van der Waals surface area contributed by atoms with Crippen molar-refractivity contribution in [1.29, 1.82) is 0 Å². The first-order valence-corrected chi connectivity index (χ1v) is 5.41. The van der Waals surface area contributed by atoms with Crippen molar-refractivity contribution in [1.82, 2.24) is 4.98 Å². The summed E-state index contributed by atoms with van der Waals surface area (Å²) >= 11 is 0. The number of carbonyl (C=O) groups is 1. The van der Waals surface area contributed by atoms with Crippen molar-refractivity contribution in [2.45, 2.75) is 19.4 Å². The fourth-order valence-electron chi connectivity index (χ4n) is 2.55. The number of nitrogens with one attached hydrogen (secondary N) is 1. The van der Waals surface area contributed by atoms with Gasteiger partial charge in [-0.15, -0.1) is 0 Å². The molecule has 1 atom stereocenters. The summed E-state index contributed by atoms with van der Waals surface area (Å²) in [6.45, 7) is 3.97. The molecule has 2 bridgehead atoms. The van der Waals surface area contributed by atoms with Crippen LogP contribution in [0.25, 0.3) is 0 Å². The lowest BCUT2D eigenvalue weighted by atomic mass is 10.1. The van der Waals surface area contributed by atoms with Gasteiger partial charge < -0.3 is 15.3 Å². The normalized spacial score (nSPS) is 21.6. The zero-order valence-electron chi connectivity index (χ0n) is 9.03. The number of aryl methyl sites for hydroxylation is 1. The van der Waals surface area contributed by atoms with Gasteiger partial charge in [0.25, 0.3) is 0 Å². The van der Waals surface area contributed by atoms with Gasteiger partial charge in [-0.3, -0.25) is 0 Å². The number of carboxylic acid groups (broad SMARTS) is 1. The highest BCUT2D eigenvalue weighted by Crippen LogP contribution is 2.36. The molecule has 84 valence electrons. The van der Waals surface area contributed by atoms with E-state index in [1.165, 1.54) is 0 Å². The molecule has 2 N–H and O–H groups in total. The van der Waals surface area contributed by atoms with Crippen LogP contribution in [0.15, 0.2) is 6.07 Å². The number of fused-ring (bicyclic) bond motifs is 4. The third-order valence-corrected chi connectivity index (χ3v) is 3.25. The van der Waals surface area contributed by atoms with Crippen molar-refractivity contribution in [2.24, 2.45) is 0 Å². The second-order valence-electron chi connectivity index (χ2n) is 4.40. The Morgan fingerprint density at radius 1 is 1.69 bits per heavy atom. The van der Waals surface area contributed by atoms with Gasteiger partial charge in [0.2, 0.25) is 0 Å². The Morgan fingerprint density at radius 3 is 3.25 bits per heavy atom. The molecule has 1 aromatic heterocycles. The van der Waals surface area contributed by atoms with Crippen LogP contribution in [0.4, 0.5) is 11.5 Å². The summed E-state index contributed by atoms with van der Waals surface area (Å²) in [5.41, 5.74) is 2.17. The number of aromatic nitrogens is 1. The first-order chi connectivity index (χ1) is 7.65. The largest absolute Gasteiger partial charge is 0.477 e. The molecule has 1 aromatic rings. The van der Waals surface area contributed by atoms with Crippen molar-refractivity contribution in [2.75, 3.05) is 23.3 Å². The average Bonchev–Trinajstić information content (AvgIpc) is 2.59. The molecule has 0 aromatic carbocycles. The van der Waals surface area contributed by atoms with Crippen molar-refractivity contribution >= 4 is 17.5 Å². The van der Waals surface area contributed by atoms with E-state index in [0.717, 1.165) is 36.6 Å². The summed E-state index contributed by atoms with van der Waals surface area (Å²) in [7, 11) is 0. The van der Waals surface area contributed by atoms with Gasteiger partial charge in [-0.2, -0.15) is 0 Å². The molecular weight excluding hydrogens is 206 g/mol. The number of rotatable bonds is 1. The Morgan fingerprint density at radius 2 is 2.50 bits per heavy atom. The fraction of sp³-hybridized carbons (Fsp3) is 0.455. The highest BCUT2D eigenvalue weighted by atomic mass is 16.4.